The Morgan fingerprint density at radius 2 is 1.83 bits per heavy atom. The number of hydrogen-bond acceptors (Lipinski definition) is 8. The van der Waals surface area contributed by atoms with E-state index in [0.29, 0.717) is 56.0 Å². The number of para-hydroxylation sites is 2. The predicted molar refractivity (Wildman–Crippen MR) is 160 cm³/mol. The van der Waals surface area contributed by atoms with Crippen LogP contribution in [-0.4, -0.2) is 45.2 Å². The van der Waals surface area contributed by atoms with Crippen LogP contribution in [0.15, 0.2) is 83.9 Å². The molecule has 0 saturated heterocycles. The van der Waals surface area contributed by atoms with E-state index >= 15 is 0 Å². The number of nitrogens with two attached hydrogens (primary N) is 1. The van der Waals surface area contributed by atoms with Crippen molar-refractivity contribution in [3.05, 3.63) is 101 Å². The quantitative estimate of drug-likeness (QED) is 0.227. The molecule has 3 aromatic carbocycles. The lowest BCUT2D eigenvalue weighted by molar-refractivity contribution is 0.409. The van der Waals surface area contributed by atoms with E-state index in [-0.39, 0.29) is 17.9 Å². The number of benzene rings is 3. The number of nitrogens with zero attached hydrogens (tertiary/aromatic N) is 6. The number of anilines is 1. The molecule has 0 saturated carbocycles. The van der Waals surface area contributed by atoms with E-state index in [1.807, 2.05) is 55.5 Å². The van der Waals surface area contributed by atoms with E-state index in [1.165, 1.54) is 13.4 Å². The molecule has 3 aromatic heterocycles. The van der Waals surface area contributed by atoms with Crippen LogP contribution < -0.4 is 20.8 Å². The number of nitrogens with one attached hydrogen (secondary N) is 1. The third-order valence-electron chi connectivity index (χ3n) is 7.01. The van der Waals surface area contributed by atoms with E-state index in [2.05, 4.69) is 14.7 Å². The van der Waals surface area contributed by atoms with Crippen molar-refractivity contribution in [3.8, 4) is 22.7 Å². The molecule has 0 aliphatic heterocycles. The zero-order valence-corrected chi connectivity index (χ0v) is 23.4. The van der Waals surface area contributed by atoms with Crippen LogP contribution in [0.2, 0.25) is 0 Å². The Hall–Kier alpha value is -4.98. The Kier molecular flexibility index (Phi) is 7.20. The number of methoxy groups -OCH3 is 1. The summed E-state index contributed by atoms with van der Waals surface area (Å²) in [5, 5.41) is 5.96. The topological polar surface area (TPSA) is 163 Å². The fraction of sp³-hybridized carbons (Fsp3) is 0.138. The van der Waals surface area contributed by atoms with Crippen LogP contribution in [0, 0.1) is 0 Å². The standard InChI is InChI=1S/C29H26N8O4S/c1-17(27-34-22-11-7-6-10-21(22)29(38)36(27)20-8-4-3-5-9-20)37-28-24(26(30)31-16-32-28)25(35-37)18-12-13-23(41-2)19(14-18)15-33-42(39)40/h3-14,16-17,33H,15H2,1-2H3,(H,39,40)(H2,30,31,32). The van der Waals surface area contributed by atoms with E-state index in [1.54, 1.807) is 33.5 Å². The Labute approximate surface area is 242 Å². The molecule has 4 N–H and O–H groups in total. The minimum Gasteiger partial charge on any atom is -0.496 e. The monoisotopic (exact) mass is 582 g/mol. The first-order valence-electron chi connectivity index (χ1n) is 12.9. The number of rotatable bonds is 8. The maximum atomic E-state index is 13.8. The summed E-state index contributed by atoms with van der Waals surface area (Å²) in [5.74, 6) is 1.22. The van der Waals surface area contributed by atoms with Gasteiger partial charge in [-0.25, -0.2) is 28.6 Å². The molecule has 0 fully saturated rings. The zero-order chi connectivity index (χ0) is 29.4. The number of nitrogen functional groups attached to an aromatic ring is 1. The van der Waals surface area contributed by atoms with E-state index < -0.39 is 17.3 Å². The van der Waals surface area contributed by atoms with Gasteiger partial charge in [0.1, 0.15) is 35.5 Å². The number of hydrogen-bond donors (Lipinski definition) is 3. The molecular formula is C29H26N8O4S. The molecule has 0 aliphatic rings. The molecule has 6 rings (SSSR count). The Morgan fingerprint density at radius 1 is 1.07 bits per heavy atom. The maximum Gasteiger partial charge on any atom is 0.266 e. The highest BCUT2D eigenvalue weighted by Gasteiger charge is 2.25. The molecule has 0 amide bonds. The molecule has 42 heavy (non-hydrogen) atoms. The maximum absolute atomic E-state index is 13.8. The third-order valence-corrected chi connectivity index (χ3v) is 7.41. The smallest absolute Gasteiger partial charge is 0.266 e. The van der Waals surface area contributed by atoms with Crippen molar-refractivity contribution in [1.82, 2.24) is 34.0 Å². The zero-order valence-electron chi connectivity index (χ0n) is 22.6. The molecule has 12 nitrogen and oxygen atoms in total. The first-order chi connectivity index (χ1) is 20.4. The van der Waals surface area contributed by atoms with E-state index in [9.17, 15) is 13.6 Å². The Bertz CT molecular complexity index is 2030. The van der Waals surface area contributed by atoms with Crippen molar-refractivity contribution in [3.63, 3.8) is 0 Å². The lowest BCUT2D eigenvalue weighted by atomic mass is 10.1. The Morgan fingerprint density at radius 3 is 2.60 bits per heavy atom. The molecule has 0 spiro atoms. The van der Waals surface area contributed by atoms with Crippen molar-refractivity contribution < 1.29 is 13.5 Å². The number of ether oxygens (including phenoxy) is 1. The second kappa shape index (κ2) is 11.1. The van der Waals surface area contributed by atoms with Gasteiger partial charge in [-0.15, -0.1) is 0 Å². The lowest BCUT2D eigenvalue weighted by Gasteiger charge is -2.19. The van der Waals surface area contributed by atoms with Crippen LogP contribution in [0.4, 0.5) is 5.82 Å². The number of fused-ring (bicyclic) bond motifs is 2. The van der Waals surface area contributed by atoms with Crippen molar-refractivity contribution in [1.29, 1.82) is 0 Å². The van der Waals surface area contributed by atoms with Gasteiger partial charge in [0.25, 0.3) is 5.56 Å². The molecule has 2 unspecified atom stereocenters. The van der Waals surface area contributed by atoms with Crippen molar-refractivity contribution in [2.45, 2.75) is 19.5 Å². The Balaban J connectivity index is 1.57. The molecule has 0 radical (unpaired) electrons. The van der Waals surface area contributed by atoms with Gasteiger partial charge in [-0.1, -0.05) is 30.3 Å². The van der Waals surface area contributed by atoms with Gasteiger partial charge in [-0.2, -0.15) is 5.10 Å². The number of aromatic nitrogens is 6. The van der Waals surface area contributed by atoms with E-state index in [4.69, 9.17) is 20.6 Å². The van der Waals surface area contributed by atoms with Crippen LogP contribution in [0.25, 0.3) is 38.9 Å². The average Bonchev–Trinajstić information content (AvgIpc) is 3.41. The third kappa shape index (κ3) is 4.79. The summed E-state index contributed by atoms with van der Waals surface area (Å²) in [7, 11) is 1.52. The van der Waals surface area contributed by atoms with Crippen LogP contribution >= 0.6 is 0 Å². The second-order valence-corrected chi connectivity index (χ2v) is 10.3. The summed E-state index contributed by atoms with van der Waals surface area (Å²) in [5.41, 5.74) is 9.67. The van der Waals surface area contributed by atoms with Crippen LogP contribution in [0.5, 0.6) is 5.75 Å². The molecule has 6 aromatic rings. The van der Waals surface area contributed by atoms with Gasteiger partial charge in [-0.05, 0) is 49.4 Å². The van der Waals surface area contributed by atoms with Gasteiger partial charge in [0.15, 0.2) is 5.65 Å². The second-order valence-electron chi connectivity index (χ2n) is 9.49. The molecular weight excluding hydrogens is 556 g/mol. The van der Waals surface area contributed by atoms with Crippen molar-refractivity contribution in [2.24, 2.45) is 0 Å². The highest BCUT2D eigenvalue weighted by Crippen LogP contribution is 2.35. The first kappa shape index (κ1) is 27.2. The minimum absolute atomic E-state index is 0.0749. The predicted octanol–water partition coefficient (Wildman–Crippen LogP) is 3.62. The van der Waals surface area contributed by atoms with Crippen molar-refractivity contribution in [2.75, 3.05) is 12.8 Å². The SMILES string of the molecule is COc1ccc(-c2nn(C(C)c3nc4ccccc4c(=O)n3-c3ccccc3)c3ncnc(N)c23)cc1CNS(=O)O. The van der Waals surface area contributed by atoms with Crippen LogP contribution in [0.3, 0.4) is 0 Å². The summed E-state index contributed by atoms with van der Waals surface area (Å²) >= 11 is -2.21. The molecule has 3 heterocycles. The van der Waals surface area contributed by atoms with Crippen LogP contribution in [-0.2, 0) is 17.8 Å². The fourth-order valence-corrected chi connectivity index (χ4v) is 5.32. The van der Waals surface area contributed by atoms with Gasteiger partial charge in [0.2, 0.25) is 11.3 Å². The highest BCUT2D eigenvalue weighted by molar-refractivity contribution is 7.77. The summed E-state index contributed by atoms with van der Waals surface area (Å²) in [6, 6.07) is 21.3. The largest absolute Gasteiger partial charge is 0.496 e. The molecule has 0 aliphatic carbocycles. The van der Waals surface area contributed by atoms with Gasteiger partial charge >= 0.3 is 0 Å². The average molecular weight is 583 g/mol. The summed E-state index contributed by atoms with van der Waals surface area (Å²) in [4.78, 5) is 27.5. The fourth-order valence-electron chi connectivity index (χ4n) is 5.04. The normalized spacial score (nSPS) is 12.9. The first-order valence-corrected chi connectivity index (χ1v) is 14.1. The molecule has 212 valence electrons. The van der Waals surface area contributed by atoms with Gasteiger partial charge in [-0.3, -0.25) is 13.9 Å². The molecule has 13 heteroatoms. The van der Waals surface area contributed by atoms with Gasteiger partial charge in [0.05, 0.1) is 29.1 Å². The highest BCUT2D eigenvalue weighted by atomic mass is 32.2. The van der Waals surface area contributed by atoms with Crippen molar-refractivity contribution >= 4 is 39.0 Å². The minimum atomic E-state index is -2.21. The van der Waals surface area contributed by atoms with Gasteiger partial charge in [0, 0.05) is 17.7 Å². The molecule has 2 atom stereocenters. The lowest BCUT2D eigenvalue weighted by Crippen LogP contribution is -2.27. The van der Waals surface area contributed by atoms with Gasteiger partial charge < -0.3 is 10.5 Å². The van der Waals surface area contributed by atoms with E-state index in [0.717, 1.165) is 0 Å². The summed E-state index contributed by atoms with van der Waals surface area (Å²) in [6.07, 6.45) is 1.37. The molecule has 0 bridgehead atoms. The summed E-state index contributed by atoms with van der Waals surface area (Å²) in [6.45, 7) is 1.97. The van der Waals surface area contributed by atoms with Crippen LogP contribution in [0.1, 0.15) is 24.4 Å². The summed E-state index contributed by atoms with van der Waals surface area (Å²) < 4.78 is 31.7.